The lowest BCUT2D eigenvalue weighted by molar-refractivity contribution is -0.134. The van der Waals surface area contributed by atoms with Crippen LogP contribution in [0, 0.1) is 23.2 Å². The molecule has 3 aliphatic carbocycles. The molecule has 0 heterocycles. The van der Waals surface area contributed by atoms with Crippen molar-refractivity contribution in [2.45, 2.75) is 32.2 Å². The molecule has 1 aromatic carbocycles. The van der Waals surface area contributed by atoms with Crippen molar-refractivity contribution in [1.29, 1.82) is 0 Å². The first-order chi connectivity index (χ1) is 11.6. The molecule has 3 saturated carbocycles. The van der Waals surface area contributed by atoms with Gasteiger partial charge in [0.1, 0.15) is 0 Å². The van der Waals surface area contributed by atoms with Crippen LogP contribution in [0.2, 0.25) is 0 Å². The molecular formula is C21H27NO2. The van der Waals surface area contributed by atoms with Gasteiger partial charge in [0.2, 0.25) is 0 Å². The predicted octanol–water partition coefficient (Wildman–Crippen LogP) is 3.74. The lowest BCUT2D eigenvalue weighted by Gasteiger charge is -2.29. The normalized spacial score (nSPS) is 33.2. The summed E-state index contributed by atoms with van der Waals surface area (Å²) in [6.07, 6.45) is 9.28. The average Bonchev–Trinajstić information content (AvgIpc) is 3.02. The van der Waals surface area contributed by atoms with E-state index in [4.69, 9.17) is 0 Å². The van der Waals surface area contributed by atoms with Gasteiger partial charge >= 0.3 is 5.97 Å². The molecule has 4 unspecified atom stereocenters. The Labute approximate surface area is 144 Å². The second-order valence-electron chi connectivity index (χ2n) is 8.17. The van der Waals surface area contributed by atoms with Crippen LogP contribution in [0.4, 0.5) is 0 Å². The number of nitrogens with zero attached hydrogens (tertiary/aromatic N) is 1. The summed E-state index contributed by atoms with van der Waals surface area (Å²) in [5.41, 5.74) is 3.19. The van der Waals surface area contributed by atoms with Crippen LogP contribution in [0.25, 0.3) is 6.08 Å². The van der Waals surface area contributed by atoms with Crippen LogP contribution >= 0.6 is 0 Å². The maximum atomic E-state index is 11.1. The van der Waals surface area contributed by atoms with Gasteiger partial charge in [-0.25, -0.2) is 4.79 Å². The Morgan fingerprint density at radius 2 is 2.04 bits per heavy atom. The van der Waals surface area contributed by atoms with Crippen LogP contribution in [0.15, 0.2) is 30.3 Å². The van der Waals surface area contributed by atoms with E-state index in [2.05, 4.69) is 40.9 Å². The summed E-state index contributed by atoms with van der Waals surface area (Å²) in [6.45, 7) is 2.23. The summed E-state index contributed by atoms with van der Waals surface area (Å²) in [5, 5.41) is 0. The molecule has 3 heteroatoms. The molecule has 128 valence electrons. The predicted molar refractivity (Wildman–Crippen MR) is 95.2 cm³/mol. The zero-order valence-corrected chi connectivity index (χ0v) is 14.7. The van der Waals surface area contributed by atoms with Crippen LogP contribution in [0.3, 0.4) is 0 Å². The number of benzene rings is 1. The van der Waals surface area contributed by atoms with E-state index in [-0.39, 0.29) is 5.97 Å². The van der Waals surface area contributed by atoms with E-state index in [0.717, 1.165) is 35.3 Å². The number of methoxy groups -OCH3 is 1. The Kier molecular flexibility index (Phi) is 4.00. The van der Waals surface area contributed by atoms with Crippen molar-refractivity contribution in [1.82, 2.24) is 4.90 Å². The summed E-state index contributed by atoms with van der Waals surface area (Å²) in [7, 11) is 3.64. The molecule has 3 fully saturated rings. The fourth-order valence-electron chi connectivity index (χ4n) is 5.33. The zero-order chi connectivity index (χ0) is 16.7. The molecule has 0 N–H and O–H groups in total. The van der Waals surface area contributed by atoms with Crippen molar-refractivity contribution in [3.8, 4) is 0 Å². The fraction of sp³-hybridized carbons (Fsp3) is 0.571. The molecule has 24 heavy (non-hydrogen) atoms. The van der Waals surface area contributed by atoms with E-state index >= 15 is 0 Å². The third-order valence-corrected chi connectivity index (χ3v) is 6.56. The van der Waals surface area contributed by atoms with Gasteiger partial charge in [0.25, 0.3) is 0 Å². The number of esters is 1. The maximum Gasteiger partial charge on any atom is 0.330 e. The van der Waals surface area contributed by atoms with Gasteiger partial charge in [-0.2, -0.15) is 0 Å². The summed E-state index contributed by atoms with van der Waals surface area (Å²) in [4.78, 5) is 13.6. The monoisotopic (exact) mass is 325 g/mol. The second-order valence-corrected chi connectivity index (χ2v) is 8.17. The quantitative estimate of drug-likeness (QED) is 0.589. The Balaban J connectivity index is 1.27. The van der Waals surface area contributed by atoms with E-state index in [1.165, 1.54) is 44.6 Å². The molecule has 0 aromatic heterocycles. The number of hydrogen-bond donors (Lipinski definition) is 0. The highest BCUT2D eigenvalue weighted by molar-refractivity contribution is 5.86. The smallest absolute Gasteiger partial charge is 0.330 e. The minimum absolute atomic E-state index is 0.318. The zero-order valence-electron chi connectivity index (χ0n) is 14.7. The van der Waals surface area contributed by atoms with Crippen LogP contribution < -0.4 is 0 Å². The van der Waals surface area contributed by atoms with Crippen LogP contribution in [0.5, 0.6) is 0 Å². The van der Waals surface area contributed by atoms with Crippen molar-refractivity contribution >= 4 is 12.0 Å². The van der Waals surface area contributed by atoms with Gasteiger partial charge in [-0.1, -0.05) is 24.3 Å². The minimum Gasteiger partial charge on any atom is -0.466 e. The van der Waals surface area contributed by atoms with E-state index in [9.17, 15) is 4.79 Å². The first-order valence-corrected chi connectivity index (χ1v) is 9.12. The van der Waals surface area contributed by atoms with E-state index < -0.39 is 0 Å². The van der Waals surface area contributed by atoms with Gasteiger partial charge in [-0.15, -0.1) is 0 Å². The Morgan fingerprint density at radius 3 is 2.67 bits per heavy atom. The van der Waals surface area contributed by atoms with E-state index in [1.807, 2.05) is 0 Å². The average molecular weight is 325 g/mol. The highest BCUT2D eigenvalue weighted by atomic mass is 16.5. The molecule has 1 spiro atoms. The summed E-state index contributed by atoms with van der Waals surface area (Å²) in [5.74, 6) is 2.78. The van der Waals surface area contributed by atoms with Gasteiger partial charge in [0.05, 0.1) is 7.11 Å². The summed E-state index contributed by atoms with van der Waals surface area (Å²) >= 11 is 0. The third kappa shape index (κ3) is 2.90. The van der Waals surface area contributed by atoms with Gasteiger partial charge < -0.3 is 9.64 Å². The van der Waals surface area contributed by atoms with Crippen molar-refractivity contribution in [2.75, 3.05) is 20.7 Å². The molecule has 0 radical (unpaired) electrons. The van der Waals surface area contributed by atoms with Gasteiger partial charge in [0.15, 0.2) is 0 Å². The first-order valence-electron chi connectivity index (χ1n) is 9.12. The maximum absolute atomic E-state index is 11.1. The number of rotatable bonds is 6. The SMILES string of the molecule is COC(=O)/C=C/c1ccc(CN(C)CC2CC3CC4CC34C2)cc1. The lowest BCUT2D eigenvalue weighted by atomic mass is 9.76. The highest BCUT2D eigenvalue weighted by Crippen LogP contribution is 2.78. The van der Waals surface area contributed by atoms with Crippen molar-refractivity contribution in [2.24, 2.45) is 23.2 Å². The number of ether oxygens (including phenoxy) is 1. The Morgan fingerprint density at radius 1 is 1.25 bits per heavy atom. The summed E-state index contributed by atoms with van der Waals surface area (Å²) < 4.78 is 4.61. The largest absolute Gasteiger partial charge is 0.466 e. The number of carbonyl (C=O) groups excluding carboxylic acids is 1. The van der Waals surface area contributed by atoms with Gasteiger partial charge in [-0.3, -0.25) is 0 Å². The highest BCUT2D eigenvalue weighted by Gasteiger charge is 2.70. The van der Waals surface area contributed by atoms with E-state index in [1.54, 1.807) is 12.5 Å². The summed E-state index contributed by atoms with van der Waals surface area (Å²) in [6, 6.07) is 8.43. The third-order valence-electron chi connectivity index (χ3n) is 6.56. The van der Waals surface area contributed by atoms with Crippen molar-refractivity contribution in [3.05, 3.63) is 41.5 Å². The standard InChI is InChI=1S/C21H27NO2/c1-22(14-17-9-18-10-19-12-21(18,19)11-17)13-16-5-3-15(4-6-16)7-8-20(23)24-2/h3-8,17-19H,9-14H2,1-2H3/b8-7+. The Bertz CT molecular complexity index is 648. The molecule has 0 amide bonds. The van der Waals surface area contributed by atoms with Gasteiger partial charge in [0, 0.05) is 19.2 Å². The number of carbonyl (C=O) groups is 1. The molecule has 1 aromatic rings. The molecule has 3 aliphatic rings. The molecule has 0 aliphatic heterocycles. The second kappa shape index (κ2) is 6.03. The molecule has 0 bridgehead atoms. The van der Waals surface area contributed by atoms with Gasteiger partial charge in [-0.05, 0) is 73.1 Å². The molecule has 0 saturated heterocycles. The molecular weight excluding hydrogens is 298 g/mol. The van der Waals surface area contributed by atoms with Crippen molar-refractivity contribution < 1.29 is 9.53 Å². The van der Waals surface area contributed by atoms with Crippen molar-refractivity contribution in [3.63, 3.8) is 0 Å². The molecule has 3 nitrogen and oxygen atoms in total. The van der Waals surface area contributed by atoms with Crippen LogP contribution in [-0.2, 0) is 16.1 Å². The topological polar surface area (TPSA) is 29.5 Å². The fourth-order valence-corrected chi connectivity index (χ4v) is 5.33. The minimum atomic E-state index is -0.318. The van der Waals surface area contributed by atoms with Crippen LogP contribution in [0.1, 0.15) is 36.8 Å². The molecule has 4 atom stereocenters. The van der Waals surface area contributed by atoms with Crippen LogP contribution in [-0.4, -0.2) is 31.6 Å². The lowest BCUT2D eigenvalue weighted by Crippen LogP contribution is -2.24. The number of hydrogen-bond acceptors (Lipinski definition) is 3. The van der Waals surface area contributed by atoms with E-state index in [0.29, 0.717) is 0 Å². The Hall–Kier alpha value is -1.61. The first kappa shape index (κ1) is 15.9. The molecule has 4 rings (SSSR count).